The molecule has 0 atom stereocenters. The first-order valence-electron chi connectivity index (χ1n) is 6.56. The van der Waals surface area contributed by atoms with E-state index in [1.54, 1.807) is 18.2 Å². The first-order chi connectivity index (χ1) is 10.00. The molecule has 0 radical (unpaired) electrons. The molecule has 21 heavy (non-hydrogen) atoms. The van der Waals surface area contributed by atoms with Gasteiger partial charge < -0.3 is 0 Å². The second kappa shape index (κ2) is 5.63. The second-order valence-electron chi connectivity index (χ2n) is 4.88. The van der Waals surface area contributed by atoms with Crippen LogP contribution < -0.4 is 4.31 Å². The molecule has 1 heterocycles. The standard InChI is InChI=1S/C15H13BrClNO2S/c16-12-7-8-15(13(17)10-12)21(19,20)18-9-3-5-11-4-1-2-6-14(11)18/h1-2,4,6-8,10H,3,5,9H2. The normalized spacial score (nSPS) is 14.9. The van der Waals surface area contributed by atoms with Gasteiger partial charge in [0.2, 0.25) is 0 Å². The first kappa shape index (κ1) is 14.9. The van der Waals surface area contributed by atoms with Crippen molar-refractivity contribution in [3.05, 3.63) is 57.5 Å². The van der Waals surface area contributed by atoms with Crippen molar-refractivity contribution in [2.24, 2.45) is 0 Å². The number of rotatable bonds is 2. The summed E-state index contributed by atoms with van der Waals surface area (Å²) in [5.74, 6) is 0. The van der Waals surface area contributed by atoms with Gasteiger partial charge in [0.1, 0.15) is 4.90 Å². The van der Waals surface area contributed by atoms with Crippen LogP contribution in [0.2, 0.25) is 5.02 Å². The highest BCUT2D eigenvalue weighted by Crippen LogP contribution is 2.34. The van der Waals surface area contributed by atoms with Crippen LogP contribution in [0.1, 0.15) is 12.0 Å². The maximum absolute atomic E-state index is 12.9. The molecule has 2 aromatic rings. The molecule has 1 aliphatic heterocycles. The highest BCUT2D eigenvalue weighted by molar-refractivity contribution is 9.10. The number of hydrogen-bond acceptors (Lipinski definition) is 2. The van der Waals surface area contributed by atoms with Crippen LogP contribution in [-0.4, -0.2) is 15.0 Å². The fourth-order valence-electron chi connectivity index (χ4n) is 2.55. The Morgan fingerprint density at radius 2 is 1.90 bits per heavy atom. The molecule has 0 aliphatic carbocycles. The van der Waals surface area contributed by atoms with Crippen LogP contribution in [0.15, 0.2) is 51.8 Å². The molecule has 1 aliphatic rings. The first-order valence-corrected chi connectivity index (χ1v) is 9.17. The Labute approximate surface area is 137 Å². The number of sulfonamides is 1. The maximum Gasteiger partial charge on any atom is 0.265 e. The highest BCUT2D eigenvalue weighted by atomic mass is 79.9. The number of aryl methyl sites for hydroxylation is 1. The van der Waals surface area contributed by atoms with E-state index in [1.165, 1.54) is 4.31 Å². The molecule has 0 N–H and O–H groups in total. The fraction of sp³-hybridized carbons (Fsp3) is 0.200. The number of nitrogens with zero attached hydrogens (tertiary/aromatic N) is 1. The fourth-order valence-corrected chi connectivity index (χ4v) is 5.11. The van der Waals surface area contributed by atoms with E-state index in [0.717, 1.165) is 28.6 Å². The molecule has 0 amide bonds. The lowest BCUT2D eigenvalue weighted by Crippen LogP contribution is -2.35. The van der Waals surface area contributed by atoms with Crippen LogP contribution >= 0.6 is 27.5 Å². The molecule has 0 saturated heterocycles. The lowest BCUT2D eigenvalue weighted by atomic mass is 10.0. The predicted molar refractivity (Wildman–Crippen MR) is 88.4 cm³/mol. The third-order valence-electron chi connectivity index (χ3n) is 3.53. The number of halogens is 2. The van der Waals surface area contributed by atoms with E-state index in [9.17, 15) is 8.42 Å². The van der Waals surface area contributed by atoms with Crippen LogP contribution in [0.3, 0.4) is 0 Å². The summed E-state index contributed by atoms with van der Waals surface area (Å²) in [5.41, 5.74) is 1.81. The Kier molecular flexibility index (Phi) is 3.99. The van der Waals surface area contributed by atoms with Gasteiger partial charge in [-0.2, -0.15) is 0 Å². The van der Waals surface area contributed by atoms with Crippen molar-refractivity contribution in [1.82, 2.24) is 0 Å². The van der Waals surface area contributed by atoms with E-state index in [1.807, 2.05) is 24.3 Å². The minimum Gasteiger partial charge on any atom is -0.266 e. The van der Waals surface area contributed by atoms with E-state index in [0.29, 0.717) is 6.54 Å². The second-order valence-corrected chi connectivity index (χ2v) is 8.04. The number of hydrogen-bond donors (Lipinski definition) is 0. The van der Waals surface area contributed by atoms with Gasteiger partial charge in [-0.3, -0.25) is 4.31 Å². The largest absolute Gasteiger partial charge is 0.266 e. The van der Waals surface area contributed by atoms with Crippen molar-refractivity contribution >= 4 is 43.2 Å². The average Bonchev–Trinajstić information content (AvgIpc) is 2.46. The minimum atomic E-state index is -3.64. The summed E-state index contributed by atoms with van der Waals surface area (Å²) in [4.78, 5) is 0.143. The molecule has 0 fully saturated rings. The van der Waals surface area contributed by atoms with Gasteiger partial charge in [-0.15, -0.1) is 0 Å². The number of para-hydroxylation sites is 1. The Bertz CT molecular complexity index is 792. The van der Waals surface area contributed by atoms with Gasteiger partial charge in [-0.25, -0.2) is 8.42 Å². The molecule has 0 unspecified atom stereocenters. The molecular weight excluding hydrogens is 374 g/mol. The summed E-state index contributed by atoms with van der Waals surface area (Å²) in [6.45, 7) is 0.478. The summed E-state index contributed by atoms with van der Waals surface area (Å²) in [7, 11) is -3.64. The molecule has 6 heteroatoms. The molecule has 110 valence electrons. The van der Waals surface area contributed by atoms with E-state index >= 15 is 0 Å². The van der Waals surface area contributed by atoms with E-state index in [2.05, 4.69) is 15.9 Å². The number of anilines is 1. The van der Waals surface area contributed by atoms with Crippen LogP contribution in [0.4, 0.5) is 5.69 Å². The monoisotopic (exact) mass is 385 g/mol. The third kappa shape index (κ3) is 2.70. The lowest BCUT2D eigenvalue weighted by Gasteiger charge is -2.30. The van der Waals surface area contributed by atoms with Crippen molar-refractivity contribution in [1.29, 1.82) is 0 Å². The molecule has 0 saturated carbocycles. The number of fused-ring (bicyclic) bond motifs is 1. The number of benzene rings is 2. The Balaban J connectivity index is 2.12. The van der Waals surface area contributed by atoms with Crippen molar-refractivity contribution in [2.75, 3.05) is 10.8 Å². The quantitative estimate of drug-likeness (QED) is 0.774. The summed E-state index contributed by atoms with van der Waals surface area (Å²) < 4.78 is 28.0. The molecule has 3 nitrogen and oxygen atoms in total. The van der Waals surface area contributed by atoms with E-state index in [4.69, 9.17) is 11.6 Å². The zero-order valence-corrected chi connectivity index (χ0v) is 14.2. The van der Waals surface area contributed by atoms with Gasteiger partial charge in [0, 0.05) is 11.0 Å². The van der Waals surface area contributed by atoms with Gasteiger partial charge in [0.25, 0.3) is 10.0 Å². The smallest absolute Gasteiger partial charge is 0.265 e. The Morgan fingerprint density at radius 3 is 2.67 bits per heavy atom. The summed E-state index contributed by atoms with van der Waals surface area (Å²) in [6.07, 6.45) is 1.71. The highest BCUT2D eigenvalue weighted by Gasteiger charge is 2.30. The van der Waals surface area contributed by atoms with Crippen molar-refractivity contribution in [3.63, 3.8) is 0 Å². The summed E-state index contributed by atoms with van der Waals surface area (Å²) >= 11 is 9.42. The molecule has 0 spiro atoms. The summed E-state index contributed by atoms with van der Waals surface area (Å²) in [5, 5.41) is 0.229. The van der Waals surface area contributed by atoms with Gasteiger partial charge in [-0.05, 0) is 42.7 Å². The maximum atomic E-state index is 12.9. The van der Waals surface area contributed by atoms with Crippen LogP contribution in [0.25, 0.3) is 0 Å². The SMILES string of the molecule is O=S(=O)(c1ccc(Br)cc1Cl)N1CCCc2ccccc21. The topological polar surface area (TPSA) is 37.4 Å². The van der Waals surface area contributed by atoms with E-state index in [-0.39, 0.29) is 9.92 Å². The average molecular weight is 387 g/mol. The molecule has 2 aromatic carbocycles. The van der Waals surface area contributed by atoms with Crippen molar-refractivity contribution < 1.29 is 8.42 Å². The van der Waals surface area contributed by atoms with Gasteiger partial charge >= 0.3 is 0 Å². The van der Waals surface area contributed by atoms with Crippen LogP contribution in [0.5, 0.6) is 0 Å². The van der Waals surface area contributed by atoms with Crippen LogP contribution in [0, 0.1) is 0 Å². The Morgan fingerprint density at radius 1 is 1.14 bits per heavy atom. The molecule has 3 rings (SSSR count). The van der Waals surface area contributed by atoms with Gasteiger partial charge in [0.15, 0.2) is 0 Å². The zero-order valence-electron chi connectivity index (χ0n) is 11.1. The van der Waals surface area contributed by atoms with Crippen molar-refractivity contribution in [3.8, 4) is 0 Å². The van der Waals surface area contributed by atoms with Gasteiger partial charge in [0.05, 0.1) is 10.7 Å². The van der Waals surface area contributed by atoms with Crippen molar-refractivity contribution in [2.45, 2.75) is 17.7 Å². The van der Waals surface area contributed by atoms with Gasteiger partial charge in [-0.1, -0.05) is 45.7 Å². The van der Waals surface area contributed by atoms with E-state index < -0.39 is 10.0 Å². The molecule has 0 aromatic heterocycles. The molecular formula is C15H13BrClNO2S. The predicted octanol–water partition coefficient (Wildman–Crippen LogP) is 4.24. The zero-order chi connectivity index (χ0) is 15.0. The molecule has 0 bridgehead atoms. The Hall–Kier alpha value is -1.04. The summed E-state index contributed by atoms with van der Waals surface area (Å²) in [6, 6.07) is 12.4. The minimum absolute atomic E-state index is 0.143. The lowest BCUT2D eigenvalue weighted by molar-refractivity contribution is 0.586. The third-order valence-corrected chi connectivity index (χ3v) is 6.32. The van der Waals surface area contributed by atoms with Crippen LogP contribution in [-0.2, 0) is 16.4 Å².